The van der Waals surface area contributed by atoms with Crippen molar-refractivity contribution in [1.82, 2.24) is 15.3 Å². The van der Waals surface area contributed by atoms with Gasteiger partial charge in [-0.3, -0.25) is 18.8 Å². The van der Waals surface area contributed by atoms with Gasteiger partial charge < -0.3 is 15.4 Å². The minimum atomic E-state index is -1.16. The van der Waals surface area contributed by atoms with Crippen LogP contribution in [0.4, 0.5) is 0 Å². The number of nitrogens with one attached hydrogen (secondary N) is 3. The van der Waals surface area contributed by atoms with Crippen LogP contribution in [0.15, 0.2) is 15.7 Å². The van der Waals surface area contributed by atoms with Gasteiger partial charge in [0.25, 0.3) is 5.56 Å². The number of hydrogen-bond donors (Lipinski definition) is 4. The molecule has 1 aromatic heterocycles. The predicted molar refractivity (Wildman–Crippen MR) is 88.6 cm³/mol. The van der Waals surface area contributed by atoms with Crippen LogP contribution >= 0.6 is 0 Å². The molecule has 0 bridgehead atoms. The molecule has 128 valence electrons. The van der Waals surface area contributed by atoms with Crippen molar-refractivity contribution in [1.29, 1.82) is 0 Å². The van der Waals surface area contributed by atoms with Crippen molar-refractivity contribution in [3.8, 4) is 0 Å². The van der Waals surface area contributed by atoms with Crippen LogP contribution in [0.1, 0.15) is 25.1 Å². The van der Waals surface area contributed by atoms with Gasteiger partial charge in [-0.15, -0.1) is 0 Å². The van der Waals surface area contributed by atoms with E-state index in [9.17, 15) is 23.7 Å². The van der Waals surface area contributed by atoms with Crippen LogP contribution in [0.5, 0.6) is 0 Å². The van der Waals surface area contributed by atoms with E-state index in [4.69, 9.17) is 0 Å². The van der Waals surface area contributed by atoms with Crippen LogP contribution in [0, 0.1) is 6.92 Å². The molecule has 0 fully saturated rings. The van der Waals surface area contributed by atoms with E-state index in [1.807, 2.05) is 0 Å². The number of aliphatic hydroxyl groups is 1. The van der Waals surface area contributed by atoms with Gasteiger partial charge in [0.1, 0.15) is 0 Å². The first-order chi connectivity index (χ1) is 10.7. The van der Waals surface area contributed by atoms with E-state index in [-0.39, 0.29) is 23.2 Å². The van der Waals surface area contributed by atoms with E-state index in [0.29, 0.717) is 5.69 Å². The number of amides is 1. The number of aromatic nitrogens is 2. The van der Waals surface area contributed by atoms with E-state index in [1.54, 1.807) is 13.8 Å². The number of aryl methyl sites for hydroxylation is 1. The molecule has 1 rings (SSSR count). The van der Waals surface area contributed by atoms with Gasteiger partial charge in [0.2, 0.25) is 5.91 Å². The molecule has 0 saturated heterocycles. The fourth-order valence-electron chi connectivity index (χ4n) is 1.75. The largest absolute Gasteiger partial charge is 0.394 e. The lowest BCUT2D eigenvalue weighted by molar-refractivity contribution is -0.117. The first kappa shape index (κ1) is 19.0. The van der Waals surface area contributed by atoms with Gasteiger partial charge in [-0.1, -0.05) is 13.8 Å². The zero-order valence-corrected chi connectivity index (χ0v) is 14.0. The Hall–Kier alpha value is -2.00. The summed E-state index contributed by atoms with van der Waals surface area (Å²) in [6.45, 7) is 4.78. The van der Waals surface area contributed by atoms with Gasteiger partial charge in [-0.05, 0) is 13.0 Å². The highest BCUT2D eigenvalue weighted by Crippen LogP contribution is 2.00. The first-order valence-electron chi connectivity index (χ1n) is 7.04. The van der Waals surface area contributed by atoms with Gasteiger partial charge in [-0.25, -0.2) is 4.79 Å². The van der Waals surface area contributed by atoms with Gasteiger partial charge in [0.05, 0.1) is 18.2 Å². The van der Waals surface area contributed by atoms with Crippen molar-refractivity contribution < 1.29 is 14.1 Å². The third kappa shape index (κ3) is 5.95. The standard InChI is InChI=1S/C14H21N3O5S/c1-8(2)23(22)7-10(6-18)16-12(19)5-4-11-9(3)15-14(21)17-13(11)20/h4-5,8,10,18H,6-7H2,1-3H3,(H,16,19)(H2,15,17,20,21)/b5-4+/t10-,23+/m0/s1. The van der Waals surface area contributed by atoms with E-state index in [1.165, 1.54) is 13.0 Å². The van der Waals surface area contributed by atoms with Crippen molar-refractivity contribution in [3.63, 3.8) is 0 Å². The molecule has 0 radical (unpaired) electrons. The molecule has 23 heavy (non-hydrogen) atoms. The van der Waals surface area contributed by atoms with E-state index in [2.05, 4.69) is 15.3 Å². The molecule has 4 N–H and O–H groups in total. The zero-order valence-electron chi connectivity index (χ0n) is 13.2. The highest BCUT2D eigenvalue weighted by atomic mass is 32.2. The molecule has 1 amide bonds. The molecule has 9 heteroatoms. The highest BCUT2D eigenvalue weighted by molar-refractivity contribution is 7.85. The zero-order chi connectivity index (χ0) is 17.6. The van der Waals surface area contributed by atoms with Crippen molar-refractivity contribution >= 4 is 22.8 Å². The van der Waals surface area contributed by atoms with Crippen LogP contribution in [0.3, 0.4) is 0 Å². The molecule has 0 aromatic carbocycles. The summed E-state index contributed by atoms with van der Waals surface area (Å²) in [7, 11) is -1.16. The summed E-state index contributed by atoms with van der Waals surface area (Å²) in [4.78, 5) is 39.0. The fourth-order valence-corrected chi connectivity index (χ4v) is 2.72. The highest BCUT2D eigenvalue weighted by Gasteiger charge is 2.15. The summed E-state index contributed by atoms with van der Waals surface area (Å²) in [5.41, 5.74) is -0.728. The summed E-state index contributed by atoms with van der Waals surface area (Å²) < 4.78 is 11.7. The first-order valence-corrected chi connectivity index (χ1v) is 8.42. The Bertz CT molecular complexity index is 720. The molecule has 1 heterocycles. The number of carbonyl (C=O) groups is 1. The minimum absolute atomic E-state index is 0.0705. The Kier molecular flexibility index (Phi) is 7.11. The smallest absolute Gasteiger partial charge is 0.325 e. The Labute approximate surface area is 135 Å². The third-order valence-electron chi connectivity index (χ3n) is 3.04. The molecule has 0 unspecified atom stereocenters. The van der Waals surface area contributed by atoms with E-state index in [0.717, 1.165) is 6.08 Å². The topological polar surface area (TPSA) is 132 Å². The summed E-state index contributed by atoms with van der Waals surface area (Å²) in [5.74, 6) is -0.388. The molecule has 0 saturated carbocycles. The quantitative estimate of drug-likeness (QED) is 0.472. The monoisotopic (exact) mass is 343 g/mol. The summed E-state index contributed by atoms with van der Waals surface area (Å²) in [6.07, 6.45) is 2.39. The van der Waals surface area contributed by atoms with Crippen molar-refractivity contribution in [2.75, 3.05) is 12.4 Å². The van der Waals surface area contributed by atoms with Crippen molar-refractivity contribution in [3.05, 3.63) is 38.2 Å². The Morgan fingerprint density at radius 2 is 2.00 bits per heavy atom. The second-order valence-corrected chi connectivity index (χ2v) is 7.30. The van der Waals surface area contributed by atoms with Gasteiger partial charge in [-0.2, -0.15) is 0 Å². The maximum atomic E-state index is 11.8. The molecule has 0 aliphatic carbocycles. The van der Waals surface area contributed by atoms with E-state index >= 15 is 0 Å². The maximum absolute atomic E-state index is 11.8. The molecule has 0 aliphatic heterocycles. The summed E-state index contributed by atoms with van der Waals surface area (Å²) in [5, 5.41) is 11.7. The summed E-state index contributed by atoms with van der Waals surface area (Å²) >= 11 is 0. The number of rotatable bonds is 7. The lowest BCUT2D eigenvalue weighted by Gasteiger charge is -2.16. The minimum Gasteiger partial charge on any atom is -0.394 e. The number of hydrogen-bond acceptors (Lipinski definition) is 5. The second-order valence-electron chi connectivity index (χ2n) is 5.26. The third-order valence-corrected chi connectivity index (χ3v) is 4.82. The number of carbonyl (C=O) groups excluding carboxylic acids is 1. The van der Waals surface area contributed by atoms with Crippen molar-refractivity contribution in [2.45, 2.75) is 32.1 Å². The maximum Gasteiger partial charge on any atom is 0.325 e. The van der Waals surface area contributed by atoms with Crippen LogP contribution in [0.25, 0.3) is 6.08 Å². The molecule has 0 spiro atoms. The predicted octanol–water partition coefficient (Wildman–Crippen LogP) is -0.981. The lowest BCUT2D eigenvalue weighted by atomic mass is 10.2. The molecule has 8 nitrogen and oxygen atoms in total. The van der Waals surface area contributed by atoms with Crippen LogP contribution in [-0.2, 0) is 15.6 Å². The number of H-pyrrole nitrogens is 2. The molecule has 2 atom stereocenters. The second kappa shape index (κ2) is 8.59. The normalized spacial score (nSPS) is 14.1. The Balaban J connectivity index is 2.78. The van der Waals surface area contributed by atoms with E-state index < -0.39 is 34.0 Å². The van der Waals surface area contributed by atoms with Crippen LogP contribution in [0.2, 0.25) is 0 Å². The van der Waals surface area contributed by atoms with Crippen molar-refractivity contribution in [2.24, 2.45) is 0 Å². The Morgan fingerprint density at radius 3 is 2.52 bits per heavy atom. The molecular formula is C14H21N3O5S. The average Bonchev–Trinajstić information content (AvgIpc) is 2.44. The molecular weight excluding hydrogens is 322 g/mol. The SMILES string of the molecule is Cc1[nH]c(=O)[nH]c(=O)c1/C=C/C(=O)N[C@@H](CO)C[S@@](=O)C(C)C. The van der Waals surface area contributed by atoms with Gasteiger partial charge in [0.15, 0.2) is 0 Å². The van der Waals surface area contributed by atoms with Crippen LogP contribution in [-0.4, -0.2) is 48.8 Å². The average molecular weight is 343 g/mol. The fraction of sp³-hybridized carbons (Fsp3) is 0.500. The van der Waals surface area contributed by atoms with Gasteiger partial charge >= 0.3 is 5.69 Å². The number of aromatic amines is 2. The molecule has 0 aliphatic rings. The van der Waals surface area contributed by atoms with Crippen LogP contribution < -0.4 is 16.6 Å². The van der Waals surface area contributed by atoms with Gasteiger partial charge in [0, 0.05) is 33.6 Å². The Morgan fingerprint density at radius 1 is 1.35 bits per heavy atom. The number of aliphatic hydroxyl groups excluding tert-OH is 1. The molecule has 1 aromatic rings. The summed E-state index contributed by atoms with van der Waals surface area (Å²) in [6, 6.07) is -0.634. The lowest BCUT2D eigenvalue weighted by Crippen LogP contribution is -2.41.